The lowest BCUT2D eigenvalue weighted by Gasteiger charge is -2.16. The molecule has 2 amide bonds. The summed E-state index contributed by atoms with van der Waals surface area (Å²) in [4.78, 5) is 25.9. The van der Waals surface area contributed by atoms with Crippen LogP contribution in [-0.4, -0.2) is 29.8 Å². The fourth-order valence-corrected chi connectivity index (χ4v) is 3.12. The lowest BCUT2D eigenvalue weighted by Crippen LogP contribution is -2.34. The normalized spacial score (nSPS) is 17.2. The van der Waals surface area contributed by atoms with Crippen LogP contribution in [0.1, 0.15) is 17.9 Å². The Hall–Kier alpha value is -2.04. The molecule has 24 heavy (non-hydrogen) atoms. The zero-order valence-corrected chi connectivity index (χ0v) is 14.3. The zero-order chi connectivity index (χ0) is 17.1. The number of amides is 2. The molecule has 1 heterocycles. The number of carbonyl (C=O) groups excluding carboxylic acids is 2. The summed E-state index contributed by atoms with van der Waals surface area (Å²) < 4.78 is 0. The van der Waals surface area contributed by atoms with Gasteiger partial charge in [0.1, 0.15) is 0 Å². The van der Waals surface area contributed by atoms with Gasteiger partial charge >= 0.3 is 0 Å². The average molecular weight is 363 g/mol. The highest BCUT2D eigenvalue weighted by Crippen LogP contribution is 2.28. The van der Waals surface area contributed by atoms with Gasteiger partial charge in [-0.15, -0.1) is 0 Å². The van der Waals surface area contributed by atoms with Crippen molar-refractivity contribution in [2.24, 2.45) is 0 Å². The molecule has 0 bridgehead atoms. The van der Waals surface area contributed by atoms with E-state index in [1.54, 1.807) is 23.1 Å². The van der Waals surface area contributed by atoms with E-state index in [0.717, 1.165) is 5.56 Å². The van der Waals surface area contributed by atoms with Gasteiger partial charge in [0.2, 0.25) is 11.8 Å². The Balaban J connectivity index is 1.60. The highest BCUT2D eigenvalue weighted by molar-refractivity contribution is 6.42. The molecular weight excluding hydrogens is 347 g/mol. The summed E-state index contributed by atoms with van der Waals surface area (Å²) in [5.41, 5.74) is 1.68. The van der Waals surface area contributed by atoms with E-state index in [1.807, 2.05) is 30.3 Å². The number of hydrogen-bond donors (Lipinski definition) is 1. The van der Waals surface area contributed by atoms with Crippen molar-refractivity contribution in [1.82, 2.24) is 4.90 Å². The van der Waals surface area contributed by atoms with Crippen LogP contribution < -0.4 is 5.32 Å². The van der Waals surface area contributed by atoms with E-state index in [4.69, 9.17) is 23.2 Å². The van der Waals surface area contributed by atoms with Crippen molar-refractivity contribution in [2.75, 3.05) is 18.4 Å². The largest absolute Gasteiger partial charge is 0.333 e. The summed E-state index contributed by atoms with van der Waals surface area (Å²) in [6, 6.07) is 14.8. The minimum Gasteiger partial charge on any atom is -0.333 e. The molecule has 0 unspecified atom stereocenters. The van der Waals surface area contributed by atoms with Gasteiger partial charge in [-0.2, -0.15) is 0 Å². The Morgan fingerprint density at radius 1 is 1.12 bits per heavy atom. The standard InChI is InChI=1S/C18H16Cl2N2O2/c19-15-7-6-14(9-16(15)20)21-17(23)11-22-10-13(8-18(22)24)12-4-2-1-3-5-12/h1-7,9,13H,8,10-11H2,(H,21,23)/t13-/m0/s1. The molecule has 1 atom stereocenters. The molecule has 1 fully saturated rings. The third-order valence-corrected chi connectivity index (χ3v) is 4.76. The van der Waals surface area contributed by atoms with Crippen LogP contribution in [0.25, 0.3) is 0 Å². The van der Waals surface area contributed by atoms with Gasteiger partial charge in [-0.1, -0.05) is 53.5 Å². The fraction of sp³-hybridized carbons (Fsp3) is 0.222. The SMILES string of the molecule is O=C(CN1C[C@@H](c2ccccc2)CC1=O)Nc1ccc(Cl)c(Cl)c1. The van der Waals surface area contributed by atoms with Gasteiger partial charge in [0.25, 0.3) is 0 Å². The quantitative estimate of drug-likeness (QED) is 0.894. The van der Waals surface area contributed by atoms with Gasteiger partial charge in [-0.05, 0) is 23.8 Å². The van der Waals surface area contributed by atoms with Gasteiger partial charge in [0.05, 0.1) is 16.6 Å². The molecule has 0 radical (unpaired) electrons. The summed E-state index contributed by atoms with van der Waals surface area (Å²) in [6.45, 7) is 0.583. The van der Waals surface area contributed by atoms with Crippen molar-refractivity contribution in [3.05, 3.63) is 64.1 Å². The van der Waals surface area contributed by atoms with Crippen molar-refractivity contribution in [3.63, 3.8) is 0 Å². The van der Waals surface area contributed by atoms with Crippen LogP contribution in [-0.2, 0) is 9.59 Å². The lowest BCUT2D eigenvalue weighted by molar-refractivity contribution is -0.131. The molecule has 3 rings (SSSR count). The van der Waals surface area contributed by atoms with Crippen LogP contribution in [0.2, 0.25) is 10.0 Å². The van der Waals surface area contributed by atoms with Gasteiger partial charge in [-0.25, -0.2) is 0 Å². The minimum atomic E-state index is -0.254. The molecule has 2 aromatic carbocycles. The molecule has 1 N–H and O–H groups in total. The molecule has 1 saturated heterocycles. The van der Waals surface area contributed by atoms with Crippen LogP contribution in [0.3, 0.4) is 0 Å². The summed E-state index contributed by atoms with van der Waals surface area (Å²) >= 11 is 11.8. The van der Waals surface area contributed by atoms with Gasteiger partial charge < -0.3 is 10.2 Å². The van der Waals surface area contributed by atoms with Crippen LogP contribution in [0.15, 0.2) is 48.5 Å². The monoisotopic (exact) mass is 362 g/mol. The maximum Gasteiger partial charge on any atom is 0.243 e. The van der Waals surface area contributed by atoms with Crippen LogP contribution in [0.4, 0.5) is 5.69 Å². The molecule has 6 heteroatoms. The third kappa shape index (κ3) is 3.89. The van der Waals surface area contributed by atoms with E-state index in [2.05, 4.69) is 5.32 Å². The predicted molar refractivity (Wildman–Crippen MR) is 95.5 cm³/mol. The molecular formula is C18H16Cl2N2O2. The summed E-state index contributed by atoms with van der Waals surface area (Å²) in [7, 11) is 0. The van der Waals surface area contributed by atoms with E-state index in [9.17, 15) is 9.59 Å². The Kier molecular flexibility index (Phi) is 5.07. The van der Waals surface area contributed by atoms with Crippen molar-refractivity contribution in [3.8, 4) is 0 Å². The van der Waals surface area contributed by atoms with E-state index < -0.39 is 0 Å². The average Bonchev–Trinajstić information content (AvgIpc) is 2.93. The Bertz CT molecular complexity index is 765. The van der Waals surface area contributed by atoms with E-state index in [1.165, 1.54) is 0 Å². The number of halogens is 2. The molecule has 0 saturated carbocycles. The lowest BCUT2D eigenvalue weighted by atomic mass is 9.99. The Morgan fingerprint density at radius 3 is 2.58 bits per heavy atom. The maximum absolute atomic E-state index is 12.2. The molecule has 124 valence electrons. The van der Waals surface area contributed by atoms with E-state index in [0.29, 0.717) is 28.7 Å². The molecule has 0 aromatic heterocycles. The van der Waals surface area contributed by atoms with Crippen LogP contribution in [0.5, 0.6) is 0 Å². The number of carbonyl (C=O) groups is 2. The number of nitrogens with one attached hydrogen (secondary N) is 1. The van der Waals surface area contributed by atoms with Crippen molar-refractivity contribution in [2.45, 2.75) is 12.3 Å². The topological polar surface area (TPSA) is 49.4 Å². The van der Waals surface area contributed by atoms with Gasteiger partial charge in [0, 0.05) is 24.6 Å². The molecule has 1 aliphatic heterocycles. The predicted octanol–water partition coefficient (Wildman–Crippen LogP) is 3.95. The second-order valence-corrected chi connectivity index (χ2v) is 6.58. The first-order chi connectivity index (χ1) is 11.5. The number of benzene rings is 2. The third-order valence-electron chi connectivity index (χ3n) is 4.02. The van der Waals surface area contributed by atoms with E-state index >= 15 is 0 Å². The van der Waals surface area contributed by atoms with Crippen molar-refractivity contribution < 1.29 is 9.59 Å². The van der Waals surface area contributed by atoms with Crippen LogP contribution in [0, 0.1) is 0 Å². The smallest absolute Gasteiger partial charge is 0.243 e. The fourth-order valence-electron chi connectivity index (χ4n) is 2.82. The van der Waals surface area contributed by atoms with Crippen LogP contribution >= 0.6 is 23.2 Å². The van der Waals surface area contributed by atoms with E-state index in [-0.39, 0.29) is 24.3 Å². The van der Waals surface area contributed by atoms with Gasteiger partial charge in [0.15, 0.2) is 0 Å². The van der Waals surface area contributed by atoms with Gasteiger partial charge in [-0.3, -0.25) is 9.59 Å². The number of hydrogen-bond acceptors (Lipinski definition) is 2. The van der Waals surface area contributed by atoms with Crippen molar-refractivity contribution in [1.29, 1.82) is 0 Å². The number of likely N-dealkylation sites (tertiary alicyclic amines) is 1. The molecule has 2 aromatic rings. The Morgan fingerprint density at radius 2 is 1.88 bits per heavy atom. The first kappa shape index (κ1) is 16.8. The second kappa shape index (κ2) is 7.24. The minimum absolute atomic E-state index is 0.00635. The number of nitrogens with zero attached hydrogens (tertiary/aromatic N) is 1. The second-order valence-electron chi connectivity index (χ2n) is 5.76. The molecule has 1 aliphatic rings. The molecule has 0 aliphatic carbocycles. The maximum atomic E-state index is 12.2. The number of rotatable bonds is 4. The summed E-state index contributed by atoms with van der Waals surface area (Å²) in [5.74, 6) is -0.125. The first-order valence-electron chi connectivity index (χ1n) is 7.60. The summed E-state index contributed by atoms with van der Waals surface area (Å²) in [5, 5.41) is 3.53. The molecule has 0 spiro atoms. The summed E-state index contributed by atoms with van der Waals surface area (Å²) in [6.07, 6.45) is 0.435. The highest BCUT2D eigenvalue weighted by atomic mass is 35.5. The zero-order valence-electron chi connectivity index (χ0n) is 12.8. The Labute approximate surface area is 150 Å². The number of anilines is 1. The highest BCUT2D eigenvalue weighted by Gasteiger charge is 2.31. The molecule has 4 nitrogen and oxygen atoms in total. The van der Waals surface area contributed by atoms with Crippen molar-refractivity contribution >= 4 is 40.7 Å². The first-order valence-corrected chi connectivity index (χ1v) is 8.36.